The molecule has 3 unspecified atom stereocenters. The van der Waals surface area contributed by atoms with Crippen LogP contribution >= 0.6 is 23.2 Å². The molecule has 10 nitrogen and oxygen atoms in total. The van der Waals surface area contributed by atoms with Gasteiger partial charge in [-0.3, -0.25) is 24.9 Å². The quantitative estimate of drug-likeness (QED) is 0.0941. The third-order valence-corrected chi connectivity index (χ3v) is 7.88. The van der Waals surface area contributed by atoms with Crippen molar-refractivity contribution in [3.8, 4) is 0 Å². The van der Waals surface area contributed by atoms with Gasteiger partial charge in [0.05, 0.1) is 12.6 Å². The van der Waals surface area contributed by atoms with Crippen molar-refractivity contribution in [2.75, 3.05) is 33.6 Å². The van der Waals surface area contributed by atoms with Gasteiger partial charge in [0.15, 0.2) is 12.1 Å². The molecule has 0 bridgehead atoms. The number of allylic oxidation sites excluding steroid dienone is 5. The molecule has 2 aliphatic rings. The highest BCUT2D eigenvalue weighted by molar-refractivity contribution is 6.39. The maximum Gasteiger partial charge on any atom is 0.168 e. The number of nitrogens with one attached hydrogen (secondary N) is 4. The van der Waals surface area contributed by atoms with E-state index in [2.05, 4.69) is 52.4 Å². The predicted octanol–water partition coefficient (Wildman–Crippen LogP) is 4.80. The van der Waals surface area contributed by atoms with Crippen molar-refractivity contribution in [3.05, 3.63) is 70.8 Å². The van der Waals surface area contributed by atoms with Crippen LogP contribution in [0, 0.1) is 0 Å². The van der Waals surface area contributed by atoms with E-state index in [1.165, 1.54) is 6.08 Å². The molecule has 1 fully saturated rings. The molecule has 4 N–H and O–H groups in total. The fourth-order valence-corrected chi connectivity index (χ4v) is 5.60. The number of alkyl halides is 1. The number of aldehydes is 2. The van der Waals surface area contributed by atoms with Crippen molar-refractivity contribution in [2.45, 2.75) is 63.3 Å². The molecule has 1 aromatic rings. The van der Waals surface area contributed by atoms with Crippen LogP contribution in [0.1, 0.15) is 67.4 Å². The van der Waals surface area contributed by atoms with Crippen molar-refractivity contribution in [1.29, 1.82) is 0 Å². The molecule has 236 valence electrons. The molecule has 1 aromatic carbocycles. The minimum absolute atomic E-state index is 0.0147. The molecule has 1 aliphatic carbocycles. The first kappa shape index (κ1) is 36.3. The third kappa shape index (κ3) is 10.4. The zero-order valence-electron chi connectivity index (χ0n) is 25.5. The molecule has 43 heavy (non-hydrogen) atoms. The molecule has 0 saturated heterocycles. The number of nitrogens with zero attached hydrogens (tertiary/aromatic N) is 3. The number of methoxy groups -OCH3 is 1. The van der Waals surface area contributed by atoms with Crippen LogP contribution in [0.15, 0.2) is 69.8 Å². The van der Waals surface area contributed by atoms with Gasteiger partial charge in [-0.25, -0.2) is 5.53 Å². The summed E-state index contributed by atoms with van der Waals surface area (Å²) in [6.07, 6.45) is 11.7. The van der Waals surface area contributed by atoms with Gasteiger partial charge >= 0.3 is 0 Å². The van der Waals surface area contributed by atoms with Crippen LogP contribution in [0.4, 0.5) is 0 Å². The topological polar surface area (TPSA) is 119 Å². The number of hydrazone groups is 1. The Bertz CT molecular complexity index is 1170. The minimum atomic E-state index is -0.772. The second-order valence-electron chi connectivity index (χ2n) is 10.2. The van der Waals surface area contributed by atoms with Crippen LogP contribution in [-0.2, 0) is 9.53 Å². The van der Waals surface area contributed by atoms with Crippen LogP contribution in [0.2, 0.25) is 0 Å². The van der Waals surface area contributed by atoms with Crippen LogP contribution < -0.4 is 21.8 Å². The molecule has 3 atom stereocenters. The van der Waals surface area contributed by atoms with Crippen LogP contribution in [0.3, 0.4) is 0 Å². The van der Waals surface area contributed by atoms with Gasteiger partial charge in [-0.15, -0.1) is 22.2 Å². The number of rotatable bonds is 15. The second-order valence-corrected chi connectivity index (χ2v) is 10.9. The van der Waals surface area contributed by atoms with E-state index >= 15 is 0 Å². The van der Waals surface area contributed by atoms with Gasteiger partial charge in [0, 0.05) is 35.2 Å². The van der Waals surface area contributed by atoms with Crippen molar-refractivity contribution < 1.29 is 14.3 Å². The molecule has 1 aliphatic heterocycles. The fourth-order valence-electron chi connectivity index (χ4n) is 5.32. The minimum Gasteiger partial charge on any atom is -0.378 e. The monoisotopic (exact) mass is 633 g/mol. The van der Waals surface area contributed by atoms with Gasteiger partial charge in [-0.2, -0.15) is 0 Å². The lowest BCUT2D eigenvalue weighted by atomic mass is 9.82. The number of amidine groups is 1. The van der Waals surface area contributed by atoms with Crippen LogP contribution in [-0.4, -0.2) is 74.4 Å². The Hall–Kier alpha value is -2.86. The Morgan fingerprint density at radius 1 is 1.33 bits per heavy atom. The maximum atomic E-state index is 12.4. The molecule has 0 radical (unpaired) electrons. The normalized spacial score (nSPS) is 21.6. The lowest BCUT2D eigenvalue weighted by Crippen LogP contribution is -2.57. The van der Waals surface area contributed by atoms with Gasteiger partial charge in [0.1, 0.15) is 17.7 Å². The third-order valence-electron chi connectivity index (χ3n) is 7.46. The fraction of sp³-hybridized carbons (Fsp3) is 0.484. The summed E-state index contributed by atoms with van der Waals surface area (Å²) in [5, 5.41) is 7.14. The molecular weight excluding hydrogens is 589 g/mol. The van der Waals surface area contributed by atoms with Gasteiger partial charge in [-0.1, -0.05) is 74.4 Å². The number of hydrazine groups is 2. The highest BCUT2D eigenvalue weighted by Gasteiger charge is 2.47. The van der Waals surface area contributed by atoms with Gasteiger partial charge in [0.2, 0.25) is 0 Å². The van der Waals surface area contributed by atoms with Crippen LogP contribution in [0.5, 0.6) is 0 Å². The first-order chi connectivity index (χ1) is 20.8. The number of carbonyl (C=O) groups is 2. The number of likely N-dealkylation sites (N-methyl/N-ethyl adjacent to an activating group) is 2. The highest BCUT2D eigenvalue weighted by atomic mass is 35.5. The first-order valence-corrected chi connectivity index (χ1v) is 15.3. The molecule has 0 amide bonds. The molecule has 1 saturated carbocycles. The number of carbonyl (C=O) groups excluding carboxylic acids is 2. The van der Waals surface area contributed by atoms with Crippen molar-refractivity contribution >= 4 is 47.3 Å². The smallest absolute Gasteiger partial charge is 0.168 e. The molecule has 3 rings (SSSR count). The van der Waals surface area contributed by atoms with Gasteiger partial charge in [0.25, 0.3) is 0 Å². The van der Waals surface area contributed by atoms with Crippen molar-refractivity contribution in [3.63, 3.8) is 0 Å². The number of benzene rings is 1. The largest absolute Gasteiger partial charge is 0.378 e. The van der Waals surface area contributed by atoms with E-state index in [4.69, 9.17) is 32.9 Å². The number of halogens is 2. The lowest BCUT2D eigenvalue weighted by molar-refractivity contribution is -0.103. The van der Waals surface area contributed by atoms with E-state index in [1.54, 1.807) is 19.3 Å². The summed E-state index contributed by atoms with van der Waals surface area (Å²) in [6.45, 7) is 6.59. The summed E-state index contributed by atoms with van der Waals surface area (Å²) >= 11 is 12.2. The number of hydrogen-bond donors (Lipinski definition) is 4. The van der Waals surface area contributed by atoms with Gasteiger partial charge < -0.3 is 10.1 Å². The van der Waals surface area contributed by atoms with E-state index in [0.29, 0.717) is 16.2 Å². The standard InChI is InChI=1S/C28H36Cl2N2O3.C3H9N5/c1-5-9-26(22-13-11-21(19-33)12-14-22)32(3)28(16-8-7-10-27(28)35-4)31-25(20-34)23(15-17-29)18-24(30)6-2;1-4-2-3-5-7-8-6-3/h6,11-15,18-20,26-27H,2,5,7-10,16-17H2,1,3-4H3;4,7-8H,2H2,1H3,(H,5,6)/b23-15+,24-18+,31-25+;. The number of ether oxygens (including phenoxy) is 1. The Balaban J connectivity index is 0.000000694. The lowest BCUT2D eigenvalue weighted by Gasteiger charge is -2.49. The molecule has 0 spiro atoms. The van der Waals surface area contributed by atoms with E-state index < -0.39 is 5.66 Å². The zero-order valence-corrected chi connectivity index (χ0v) is 27.0. The van der Waals surface area contributed by atoms with Crippen molar-refractivity contribution in [1.82, 2.24) is 26.7 Å². The summed E-state index contributed by atoms with van der Waals surface area (Å²) in [4.78, 5) is 30.9. The van der Waals surface area contributed by atoms with Crippen molar-refractivity contribution in [2.24, 2.45) is 10.1 Å². The summed E-state index contributed by atoms with van der Waals surface area (Å²) < 4.78 is 6.00. The first-order valence-electron chi connectivity index (χ1n) is 14.4. The van der Waals surface area contributed by atoms with E-state index in [1.807, 2.05) is 31.3 Å². The zero-order chi connectivity index (χ0) is 31.7. The summed E-state index contributed by atoms with van der Waals surface area (Å²) in [5.74, 6) is 1.07. The van der Waals surface area contributed by atoms with E-state index in [9.17, 15) is 9.59 Å². The number of aliphatic imine (C=N–C) groups is 1. The maximum absolute atomic E-state index is 12.4. The average molecular weight is 635 g/mol. The SMILES string of the molecule is C=C\C(Cl)=C/C(=C\CCl)C(/C=O)=N/C1(N(C)C(CCC)c2ccc(C=O)cc2)CCCCC1OC.CNCC1=NNNN1. The Kier molecular flexibility index (Phi) is 16.4. The predicted molar refractivity (Wildman–Crippen MR) is 176 cm³/mol. The average Bonchev–Trinajstić information content (AvgIpc) is 3.56. The second kappa shape index (κ2) is 19.4. The van der Waals surface area contributed by atoms with E-state index in [-0.39, 0.29) is 23.7 Å². The summed E-state index contributed by atoms with van der Waals surface area (Å²) in [6, 6.07) is 7.68. The molecule has 1 heterocycles. The Morgan fingerprint density at radius 2 is 2.07 bits per heavy atom. The Labute approximate surface area is 265 Å². The molecule has 12 heteroatoms. The molecular formula is C31H45Cl2N7O3. The van der Waals surface area contributed by atoms with E-state index in [0.717, 1.165) is 69.0 Å². The van der Waals surface area contributed by atoms with Gasteiger partial charge in [-0.05, 0) is 51.4 Å². The molecule has 0 aromatic heterocycles. The number of hydrogen-bond acceptors (Lipinski definition) is 10. The summed E-state index contributed by atoms with van der Waals surface area (Å²) in [7, 11) is 5.61. The summed E-state index contributed by atoms with van der Waals surface area (Å²) in [5.41, 5.74) is 9.72. The Morgan fingerprint density at radius 3 is 2.60 bits per heavy atom. The van der Waals surface area contributed by atoms with Crippen LogP contribution in [0.25, 0.3) is 0 Å². The highest BCUT2D eigenvalue weighted by Crippen LogP contribution is 2.42.